The van der Waals surface area contributed by atoms with Gasteiger partial charge in [-0.3, -0.25) is 14.5 Å². The van der Waals surface area contributed by atoms with Crippen molar-refractivity contribution in [2.45, 2.75) is 65.1 Å². The molecule has 2 aliphatic rings. The largest absolute Gasteiger partial charge is 0.416 e. The van der Waals surface area contributed by atoms with E-state index in [1.54, 1.807) is 4.90 Å². The molecule has 0 unspecified atom stereocenters. The van der Waals surface area contributed by atoms with E-state index in [0.717, 1.165) is 24.3 Å². The van der Waals surface area contributed by atoms with Crippen molar-refractivity contribution in [3.63, 3.8) is 0 Å². The summed E-state index contributed by atoms with van der Waals surface area (Å²) in [7, 11) is 0. The number of para-hydroxylation sites is 2. The Morgan fingerprint density at radius 2 is 1.76 bits per heavy atom. The van der Waals surface area contributed by atoms with Gasteiger partial charge < -0.3 is 5.32 Å². The monoisotopic (exact) mass is 470 g/mol. The van der Waals surface area contributed by atoms with Crippen molar-refractivity contribution in [1.29, 1.82) is 0 Å². The molecule has 2 aromatic carbocycles. The van der Waals surface area contributed by atoms with Crippen LogP contribution in [0.1, 0.15) is 70.0 Å². The Morgan fingerprint density at radius 1 is 1.09 bits per heavy atom. The second-order valence-electron chi connectivity index (χ2n) is 9.86. The fourth-order valence-electron chi connectivity index (χ4n) is 4.88. The van der Waals surface area contributed by atoms with Crippen molar-refractivity contribution in [2.24, 2.45) is 5.41 Å². The number of hydrogen-bond donors (Lipinski definition) is 1. The number of unbranched alkanes of at least 4 members (excludes halogenated alkanes) is 1. The van der Waals surface area contributed by atoms with Gasteiger partial charge in [0.2, 0.25) is 5.91 Å². The van der Waals surface area contributed by atoms with Gasteiger partial charge in [0.25, 0.3) is 0 Å². The highest BCUT2D eigenvalue weighted by atomic mass is 19.4. The molecule has 4 rings (SSSR count). The number of anilines is 2. The van der Waals surface area contributed by atoms with Crippen LogP contribution in [-0.4, -0.2) is 11.7 Å². The first-order chi connectivity index (χ1) is 16.0. The third kappa shape index (κ3) is 4.61. The summed E-state index contributed by atoms with van der Waals surface area (Å²) in [5.41, 5.74) is 1.96. The highest BCUT2D eigenvalue weighted by Gasteiger charge is 2.43. The summed E-state index contributed by atoms with van der Waals surface area (Å²) in [6, 6.07) is 11.4. The van der Waals surface area contributed by atoms with Gasteiger partial charge in [0, 0.05) is 24.1 Å². The molecule has 1 aliphatic carbocycles. The Kier molecular flexibility index (Phi) is 6.32. The molecule has 1 aliphatic heterocycles. The van der Waals surface area contributed by atoms with E-state index >= 15 is 0 Å². The van der Waals surface area contributed by atoms with Crippen LogP contribution in [0.2, 0.25) is 0 Å². The molecule has 0 saturated heterocycles. The number of fused-ring (bicyclic) bond motifs is 1. The van der Waals surface area contributed by atoms with Crippen molar-refractivity contribution in [3.05, 3.63) is 70.9 Å². The van der Waals surface area contributed by atoms with Crippen molar-refractivity contribution in [2.75, 3.05) is 10.2 Å². The molecule has 7 heteroatoms. The Labute approximate surface area is 197 Å². The summed E-state index contributed by atoms with van der Waals surface area (Å²) in [4.78, 5) is 28.7. The molecule has 0 fully saturated rings. The fourth-order valence-corrected chi connectivity index (χ4v) is 4.88. The van der Waals surface area contributed by atoms with Crippen LogP contribution in [0.25, 0.3) is 0 Å². The van der Waals surface area contributed by atoms with E-state index < -0.39 is 17.8 Å². The number of carbonyl (C=O) groups excluding carboxylic acids is 2. The average molecular weight is 471 g/mol. The normalized spacial score (nSPS) is 19.8. The van der Waals surface area contributed by atoms with Gasteiger partial charge >= 0.3 is 6.18 Å². The topological polar surface area (TPSA) is 49.4 Å². The Morgan fingerprint density at radius 3 is 2.41 bits per heavy atom. The van der Waals surface area contributed by atoms with Crippen LogP contribution >= 0.6 is 0 Å². The molecule has 2 aromatic rings. The highest BCUT2D eigenvalue weighted by Crippen LogP contribution is 2.48. The van der Waals surface area contributed by atoms with Crippen LogP contribution < -0.4 is 10.2 Å². The summed E-state index contributed by atoms with van der Waals surface area (Å²) < 4.78 is 39.7. The van der Waals surface area contributed by atoms with E-state index in [1.807, 2.05) is 45.0 Å². The number of benzene rings is 2. The zero-order valence-electron chi connectivity index (χ0n) is 19.6. The first-order valence-electron chi connectivity index (χ1n) is 11.6. The lowest BCUT2D eigenvalue weighted by Crippen LogP contribution is -2.39. The van der Waals surface area contributed by atoms with Crippen molar-refractivity contribution >= 4 is 23.1 Å². The van der Waals surface area contributed by atoms with Crippen LogP contribution in [0.4, 0.5) is 24.5 Å². The lowest BCUT2D eigenvalue weighted by atomic mass is 9.73. The fraction of sp³-hybridized carbons (Fsp3) is 0.407. The summed E-state index contributed by atoms with van der Waals surface area (Å²) >= 11 is 0. The second-order valence-corrected chi connectivity index (χ2v) is 9.86. The molecule has 4 nitrogen and oxygen atoms in total. The minimum absolute atomic E-state index is 0.0928. The number of amides is 1. The lowest BCUT2D eigenvalue weighted by Gasteiger charge is -2.37. The van der Waals surface area contributed by atoms with Crippen LogP contribution in [0.15, 0.2) is 59.8 Å². The van der Waals surface area contributed by atoms with Gasteiger partial charge in [-0.15, -0.1) is 0 Å². The number of hydrogen-bond acceptors (Lipinski definition) is 3. The maximum Gasteiger partial charge on any atom is 0.416 e. The molecule has 0 bridgehead atoms. The van der Waals surface area contributed by atoms with Crippen LogP contribution in [-0.2, 0) is 15.8 Å². The van der Waals surface area contributed by atoms with Gasteiger partial charge in [0.15, 0.2) is 5.78 Å². The second kappa shape index (κ2) is 8.93. The smallest absolute Gasteiger partial charge is 0.357 e. The van der Waals surface area contributed by atoms with E-state index in [4.69, 9.17) is 0 Å². The Bertz CT molecular complexity index is 1130. The molecule has 1 heterocycles. The summed E-state index contributed by atoms with van der Waals surface area (Å²) in [5, 5.41) is 3.41. The number of ketones is 1. The average Bonchev–Trinajstić information content (AvgIpc) is 2.90. The highest BCUT2D eigenvalue weighted by molar-refractivity contribution is 6.06. The van der Waals surface area contributed by atoms with E-state index in [2.05, 4.69) is 5.32 Å². The first-order valence-corrected chi connectivity index (χ1v) is 11.6. The lowest BCUT2D eigenvalue weighted by molar-refractivity contribution is -0.137. The number of allylic oxidation sites excluding steroid dienone is 1. The molecule has 0 spiro atoms. The van der Waals surface area contributed by atoms with Gasteiger partial charge in [-0.1, -0.05) is 51.5 Å². The number of rotatable bonds is 4. The zero-order chi connectivity index (χ0) is 24.7. The molecule has 34 heavy (non-hydrogen) atoms. The van der Waals surface area contributed by atoms with Gasteiger partial charge in [0.1, 0.15) is 0 Å². The van der Waals surface area contributed by atoms with Crippen molar-refractivity contribution in [3.8, 4) is 0 Å². The maximum atomic E-state index is 13.6. The number of carbonyl (C=O) groups is 2. The third-order valence-electron chi connectivity index (χ3n) is 6.47. The molecule has 0 saturated carbocycles. The SMILES string of the molecule is CCCCC(=O)N1c2ccccc2NC2=C(C(=O)CC(C)(C)C2)[C@H]1c1ccc(C(F)(F)F)cc1. The number of nitrogens with zero attached hydrogens (tertiary/aromatic N) is 1. The quantitative estimate of drug-likeness (QED) is 0.521. The number of halogens is 3. The van der Waals surface area contributed by atoms with Crippen molar-refractivity contribution < 1.29 is 22.8 Å². The van der Waals surface area contributed by atoms with Gasteiger partial charge in [-0.2, -0.15) is 13.2 Å². The zero-order valence-corrected chi connectivity index (χ0v) is 19.6. The molecule has 1 amide bonds. The van der Waals surface area contributed by atoms with Crippen LogP contribution in [0, 0.1) is 5.41 Å². The molecule has 1 N–H and O–H groups in total. The predicted molar refractivity (Wildman–Crippen MR) is 126 cm³/mol. The van der Waals surface area contributed by atoms with Gasteiger partial charge in [-0.25, -0.2) is 0 Å². The van der Waals surface area contributed by atoms with Crippen LogP contribution in [0.5, 0.6) is 0 Å². The summed E-state index contributed by atoms with van der Waals surface area (Å²) in [6.45, 7) is 6.03. The summed E-state index contributed by atoms with van der Waals surface area (Å²) in [6.07, 6.45) is -1.79. The molecule has 1 atom stereocenters. The first kappa shape index (κ1) is 24.0. The van der Waals surface area contributed by atoms with E-state index in [1.165, 1.54) is 12.1 Å². The van der Waals surface area contributed by atoms with E-state index in [0.29, 0.717) is 41.8 Å². The standard InChI is InChI=1S/C27H29F3N2O2/c1-4-5-10-23(34)32-21-9-7-6-8-19(21)31-20-15-26(2,3)16-22(33)24(20)25(32)17-11-13-18(14-12-17)27(28,29)30/h6-9,11-14,25,31H,4-5,10,15-16H2,1-3H3/t25-/m1/s1. The molecule has 0 aromatic heterocycles. The van der Waals surface area contributed by atoms with E-state index in [9.17, 15) is 22.8 Å². The maximum absolute atomic E-state index is 13.6. The number of nitrogens with one attached hydrogen (secondary N) is 1. The molecular weight excluding hydrogens is 441 g/mol. The predicted octanol–water partition coefficient (Wildman–Crippen LogP) is 7.04. The Balaban J connectivity index is 1.94. The third-order valence-corrected chi connectivity index (χ3v) is 6.47. The number of Topliss-reactive ketones (excluding diaryl/α,β-unsaturated/α-hetero) is 1. The minimum atomic E-state index is -4.47. The van der Waals surface area contributed by atoms with Crippen LogP contribution in [0.3, 0.4) is 0 Å². The molecular formula is C27H29F3N2O2. The van der Waals surface area contributed by atoms with Crippen molar-refractivity contribution in [1.82, 2.24) is 0 Å². The molecule has 0 radical (unpaired) electrons. The van der Waals surface area contributed by atoms with E-state index in [-0.39, 0.29) is 23.5 Å². The molecule has 180 valence electrons. The summed E-state index contributed by atoms with van der Waals surface area (Å²) in [5.74, 6) is -0.253. The minimum Gasteiger partial charge on any atom is -0.357 e. The number of alkyl halides is 3. The Hall–Kier alpha value is -3.09. The van der Waals surface area contributed by atoms with Gasteiger partial charge in [-0.05, 0) is 48.1 Å². The van der Waals surface area contributed by atoms with Gasteiger partial charge in [0.05, 0.1) is 23.0 Å².